The third kappa shape index (κ3) is 4.99. The molecule has 0 spiro atoms. The van der Waals surface area contributed by atoms with Gasteiger partial charge in [-0.05, 0) is 44.0 Å². The minimum absolute atomic E-state index is 0.0685. The second-order valence-electron chi connectivity index (χ2n) is 5.76. The standard InChI is InChI=1S/C17H22N2O4S/c1-4-23-17(22)13-9-24-14(16(21)19-13)8-15(20)18-12-6-10(2)5-11(3)7-12/h5-7,13-14H,4,8-9H2,1-3H3,(H,18,20)(H,19,21)/t13-,14+/m0/s1. The number of hydrogen-bond acceptors (Lipinski definition) is 5. The summed E-state index contributed by atoms with van der Waals surface area (Å²) in [6, 6.07) is 5.16. The van der Waals surface area contributed by atoms with Crippen molar-refractivity contribution in [2.24, 2.45) is 0 Å². The number of hydrogen-bond donors (Lipinski definition) is 2. The number of anilines is 1. The van der Waals surface area contributed by atoms with Gasteiger partial charge in [-0.3, -0.25) is 9.59 Å². The molecule has 0 unspecified atom stereocenters. The van der Waals surface area contributed by atoms with Crippen molar-refractivity contribution >= 4 is 35.2 Å². The molecule has 0 saturated carbocycles. The lowest BCUT2D eigenvalue weighted by Crippen LogP contribution is -2.51. The van der Waals surface area contributed by atoms with Crippen molar-refractivity contribution in [2.75, 3.05) is 17.7 Å². The number of thioether (sulfide) groups is 1. The first-order valence-electron chi connectivity index (χ1n) is 7.85. The molecule has 1 aliphatic rings. The zero-order chi connectivity index (χ0) is 17.7. The SMILES string of the molecule is CCOC(=O)[C@@H]1CS[C@H](CC(=O)Nc2cc(C)cc(C)c2)C(=O)N1. The fraction of sp³-hybridized carbons (Fsp3) is 0.471. The number of carbonyl (C=O) groups is 3. The first kappa shape index (κ1) is 18.3. The molecule has 1 aliphatic heterocycles. The Kier molecular flexibility index (Phi) is 6.25. The molecule has 0 aromatic heterocycles. The molecule has 2 atom stereocenters. The first-order chi connectivity index (χ1) is 11.4. The molecule has 1 fully saturated rings. The highest BCUT2D eigenvalue weighted by Crippen LogP contribution is 2.22. The second-order valence-corrected chi connectivity index (χ2v) is 7.00. The molecule has 2 N–H and O–H groups in total. The molecular weight excluding hydrogens is 328 g/mol. The van der Waals surface area contributed by atoms with E-state index in [2.05, 4.69) is 10.6 Å². The molecule has 1 saturated heterocycles. The monoisotopic (exact) mass is 350 g/mol. The largest absolute Gasteiger partial charge is 0.464 e. The minimum atomic E-state index is -0.638. The summed E-state index contributed by atoms with van der Waals surface area (Å²) >= 11 is 1.31. The Morgan fingerprint density at radius 3 is 2.54 bits per heavy atom. The van der Waals surface area contributed by atoms with Gasteiger partial charge in [0.05, 0.1) is 11.9 Å². The summed E-state index contributed by atoms with van der Waals surface area (Å²) in [5, 5.41) is 4.95. The van der Waals surface area contributed by atoms with E-state index >= 15 is 0 Å². The van der Waals surface area contributed by atoms with Gasteiger partial charge < -0.3 is 15.4 Å². The Balaban J connectivity index is 1.88. The van der Waals surface area contributed by atoms with Crippen LogP contribution in [0.4, 0.5) is 5.69 Å². The van der Waals surface area contributed by atoms with E-state index in [9.17, 15) is 14.4 Å². The molecule has 6 nitrogen and oxygen atoms in total. The van der Waals surface area contributed by atoms with Crippen molar-refractivity contribution in [2.45, 2.75) is 38.5 Å². The van der Waals surface area contributed by atoms with Crippen LogP contribution in [0.15, 0.2) is 18.2 Å². The molecule has 1 heterocycles. The number of benzene rings is 1. The van der Waals surface area contributed by atoms with Crippen LogP contribution in [0.25, 0.3) is 0 Å². The van der Waals surface area contributed by atoms with Crippen molar-refractivity contribution in [3.8, 4) is 0 Å². The van der Waals surface area contributed by atoms with Gasteiger partial charge in [-0.15, -0.1) is 11.8 Å². The van der Waals surface area contributed by atoms with Crippen LogP contribution >= 0.6 is 11.8 Å². The number of carbonyl (C=O) groups excluding carboxylic acids is 3. The summed E-state index contributed by atoms with van der Waals surface area (Å²) in [6.45, 7) is 5.92. The summed E-state index contributed by atoms with van der Waals surface area (Å²) in [5.41, 5.74) is 2.85. The highest BCUT2D eigenvalue weighted by molar-refractivity contribution is 8.00. The summed E-state index contributed by atoms with van der Waals surface area (Å²) in [7, 11) is 0. The minimum Gasteiger partial charge on any atom is -0.464 e. The predicted molar refractivity (Wildman–Crippen MR) is 94.0 cm³/mol. The molecule has 7 heteroatoms. The molecule has 0 bridgehead atoms. The summed E-state index contributed by atoms with van der Waals surface area (Å²) in [5.74, 6) is -0.551. The van der Waals surface area contributed by atoms with E-state index in [0.29, 0.717) is 5.75 Å². The Labute approximate surface area is 145 Å². The van der Waals surface area contributed by atoms with Crippen LogP contribution in [0.3, 0.4) is 0 Å². The molecule has 0 aliphatic carbocycles. The van der Waals surface area contributed by atoms with E-state index in [1.165, 1.54) is 11.8 Å². The van der Waals surface area contributed by atoms with E-state index in [-0.39, 0.29) is 24.8 Å². The van der Waals surface area contributed by atoms with Gasteiger partial charge in [0.15, 0.2) is 0 Å². The normalized spacial score (nSPS) is 20.2. The van der Waals surface area contributed by atoms with E-state index in [4.69, 9.17) is 4.74 Å². The average Bonchev–Trinajstić information content (AvgIpc) is 2.48. The lowest BCUT2D eigenvalue weighted by atomic mass is 10.1. The molecule has 1 aromatic carbocycles. The summed E-state index contributed by atoms with van der Waals surface area (Å²) < 4.78 is 4.90. The van der Waals surface area contributed by atoms with Crippen molar-refractivity contribution in [3.05, 3.63) is 29.3 Å². The van der Waals surface area contributed by atoms with Crippen LogP contribution in [-0.4, -0.2) is 41.4 Å². The number of aryl methyl sites for hydroxylation is 2. The summed E-state index contributed by atoms with van der Waals surface area (Å²) in [4.78, 5) is 35.9. The van der Waals surface area contributed by atoms with Crippen LogP contribution in [0, 0.1) is 13.8 Å². The Hall–Kier alpha value is -2.02. The molecule has 130 valence electrons. The number of rotatable bonds is 5. The van der Waals surface area contributed by atoms with Crippen molar-refractivity contribution in [3.63, 3.8) is 0 Å². The smallest absolute Gasteiger partial charge is 0.329 e. The third-order valence-corrected chi connectivity index (χ3v) is 4.83. The van der Waals surface area contributed by atoms with Crippen molar-refractivity contribution in [1.29, 1.82) is 0 Å². The highest BCUT2D eigenvalue weighted by atomic mass is 32.2. The van der Waals surface area contributed by atoms with E-state index in [0.717, 1.165) is 16.8 Å². The fourth-order valence-corrected chi connectivity index (χ4v) is 3.68. The zero-order valence-corrected chi connectivity index (χ0v) is 14.9. The fourth-order valence-electron chi connectivity index (χ4n) is 2.54. The van der Waals surface area contributed by atoms with Gasteiger partial charge in [0.2, 0.25) is 11.8 Å². The van der Waals surface area contributed by atoms with Gasteiger partial charge >= 0.3 is 5.97 Å². The number of amides is 2. The van der Waals surface area contributed by atoms with Crippen molar-refractivity contribution < 1.29 is 19.1 Å². The third-order valence-electron chi connectivity index (χ3n) is 3.52. The first-order valence-corrected chi connectivity index (χ1v) is 8.90. The van der Waals surface area contributed by atoms with E-state index in [1.807, 2.05) is 32.0 Å². The van der Waals surface area contributed by atoms with Gasteiger partial charge in [0.1, 0.15) is 6.04 Å². The summed E-state index contributed by atoms with van der Waals surface area (Å²) in [6.07, 6.45) is 0.0685. The van der Waals surface area contributed by atoms with Crippen LogP contribution in [0.2, 0.25) is 0 Å². The maximum absolute atomic E-state index is 12.2. The van der Waals surface area contributed by atoms with Gasteiger partial charge in [0, 0.05) is 17.9 Å². The van der Waals surface area contributed by atoms with E-state index < -0.39 is 17.3 Å². The zero-order valence-electron chi connectivity index (χ0n) is 14.0. The van der Waals surface area contributed by atoms with E-state index in [1.54, 1.807) is 6.92 Å². The Bertz CT molecular complexity index is 627. The molecule has 2 amide bonds. The maximum atomic E-state index is 12.2. The van der Waals surface area contributed by atoms with Gasteiger partial charge in [-0.1, -0.05) is 6.07 Å². The maximum Gasteiger partial charge on any atom is 0.329 e. The average molecular weight is 350 g/mol. The molecule has 2 rings (SSSR count). The molecule has 0 radical (unpaired) electrons. The second kappa shape index (κ2) is 8.19. The molecular formula is C17H22N2O4S. The quantitative estimate of drug-likeness (QED) is 0.791. The Morgan fingerprint density at radius 2 is 1.96 bits per heavy atom. The number of nitrogens with one attached hydrogen (secondary N) is 2. The molecule has 24 heavy (non-hydrogen) atoms. The number of ether oxygens (including phenoxy) is 1. The Morgan fingerprint density at radius 1 is 1.29 bits per heavy atom. The van der Waals surface area contributed by atoms with Crippen LogP contribution in [-0.2, 0) is 19.1 Å². The van der Waals surface area contributed by atoms with Crippen LogP contribution in [0.5, 0.6) is 0 Å². The van der Waals surface area contributed by atoms with Crippen LogP contribution < -0.4 is 10.6 Å². The highest BCUT2D eigenvalue weighted by Gasteiger charge is 2.34. The molecule has 1 aromatic rings. The van der Waals surface area contributed by atoms with Gasteiger partial charge in [-0.2, -0.15) is 0 Å². The van der Waals surface area contributed by atoms with Gasteiger partial charge in [-0.25, -0.2) is 4.79 Å². The number of esters is 1. The predicted octanol–water partition coefficient (Wildman–Crippen LogP) is 1.80. The van der Waals surface area contributed by atoms with Crippen molar-refractivity contribution in [1.82, 2.24) is 5.32 Å². The van der Waals surface area contributed by atoms with Crippen LogP contribution in [0.1, 0.15) is 24.5 Å². The topological polar surface area (TPSA) is 84.5 Å². The lowest BCUT2D eigenvalue weighted by Gasteiger charge is -2.27. The lowest BCUT2D eigenvalue weighted by molar-refractivity contribution is -0.146. The van der Waals surface area contributed by atoms with Gasteiger partial charge in [0.25, 0.3) is 0 Å².